The number of hydrogen-bond acceptors (Lipinski definition) is 3. The van der Waals surface area contributed by atoms with Crippen LogP contribution in [0.3, 0.4) is 0 Å². The molecule has 1 N–H and O–H groups in total. The van der Waals surface area contributed by atoms with Gasteiger partial charge < -0.3 is 0 Å². The van der Waals surface area contributed by atoms with Crippen molar-refractivity contribution in [2.24, 2.45) is 0 Å². The third kappa shape index (κ3) is 3.60. The van der Waals surface area contributed by atoms with E-state index in [0.717, 1.165) is 24.3 Å². The number of nitriles is 1. The van der Waals surface area contributed by atoms with E-state index in [1.807, 2.05) is 0 Å². The van der Waals surface area contributed by atoms with Crippen LogP contribution in [-0.2, 0) is 16.2 Å². The van der Waals surface area contributed by atoms with Gasteiger partial charge in [0.05, 0.1) is 26.7 Å². The normalized spacial score (nSPS) is 11.8. The Morgan fingerprint density at radius 3 is 2.38 bits per heavy atom. The van der Waals surface area contributed by atoms with Crippen molar-refractivity contribution in [3.63, 3.8) is 0 Å². The van der Waals surface area contributed by atoms with Crippen molar-refractivity contribution < 1.29 is 26.0 Å². The van der Waals surface area contributed by atoms with Crippen LogP contribution in [0, 0.1) is 17.1 Å². The Balaban J connectivity index is 2.54. The second-order valence-electron chi connectivity index (χ2n) is 4.52. The Bertz CT molecular complexity index is 937. The minimum Gasteiger partial charge on any atom is -0.277 e. The van der Waals surface area contributed by atoms with Crippen molar-refractivity contribution >= 4 is 27.3 Å². The van der Waals surface area contributed by atoms with Gasteiger partial charge in [-0.05, 0) is 24.3 Å². The summed E-state index contributed by atoms with van der Waals surface area (Å²) in [5.74, 6) is -1.13. The van der Waals surface area contributed by atoms with Gasteiger partial charge in [-0.1, -0.05) is 23.7 Å². The lowest BCUT2D eigenvalue weighted by Crippen LogP contribution is -2.19. The molecule has 2 aromatic rings. The minimum absolute atomic E-state index is 0.236. The molecule has 24 heavy (non-hydrogen) atoms. The zero-order chi connectivity index (χ0) is 18.1. The van der Waals surface area contributed by atoms with Crippen LogP contribution in [0.4, 0.5) is 23.2 Å². The van der Waals surface area contributed by atoms with Crippen LogP contribution in [0.25, 0.3) is 0 Å². The van der Waals surface area contributed by atoms with E-state index in [0.29, 0.717) is 12.1 Å². The average Bonchev–Trinajstić information content (AvgIpc) is 2.49. The van der Waals surface area contributed by atoms with E-state index in [-0.39, 0.29) is 10.6 Å². The molecule has 0 unspecified atom stereocenters. The third-order valence-electron chi connectivity index (χ3n) is 2.90. The fraction of sp³-hybridized carbons (Fsp3) is 0.0714. The Morgan fingerprint density at radius 1 is 1.17 bits per heavy atom. The molecule has 0 radical (unpaired) electrons. The number of rotatable bonds is 3. The van der Waals surface area contributed by atoms with E-state index in [2.05, 4.69) is 0 Å². The number of halogens is 5. The van der Waals surface area contributed by atoms with Crippen LogP contribution >= 0.6 is 11.6 Å². The molecule has 0 aliphatic rings. The summed E-state index contributed by atoms with van der Waals surface area (Å²) in [6.45, 7) is 0. The maximum Gasteiger partial charge on any atom is 0.417 e. The highest BCUT2D eigenvalue weighted by atomic mass is 35.5. The van der Waals surface area contributed by atoms with Gasteiger partial charge in [-0.2, -0.15) is 18.4 Å². The first-order chi connectivity index (χ1) is 11.1. The summed E-state index contributed by atoms with van der Waals surface area (Å²) in [4.78, 5) is -1.06. The highest BCUT2D eigenvalue weighted by Crippen LogP contribution is 2.35. The summed E-state index contributed by atoms with van der Waals surface area (Å²) in [7, 11) is -4.75. The molecule has 0 aromatic heterocycles. The molecular formula is C14H7ClF4N2O2S. The number of sulfonamides is 1. The number of nitrogens with zero attached hydrogens (tertiary/aromatic N) is 1. The van der Waals surface area contributed by atoms with Crippen LogP contribution in [0.1, 0.15) is 11.1 Å². The number of anilines is 1. The Morgan fingerprint density at radius 2 is 1.79 bits per heavy atom. The molecule has 0 saturated heterocycles. The lowest BCUT2D eigenvalue weighted by Gasteiger charge is -2.15. The predicted octanol–water partition coefficient (Wildman–Crippen LogP) is 4.17. The van der Waals surface area contributed by atoms with Crippen molar-refractivity contribution in [2.45, 2.75) is 11.1 Å². The van der Waals surface area contributed by atoms with E-state index in [4.69, 9.17) is 16.9 Å². The second-order valence-corrected chi connectivity index (χ2v) is 6.58. The molecule has 0 spiro atoms. The van der Waals surface area contributed by atoms with E-state index in [1.54, 1.807) is 10.8 Å². The zero-order valence-electron chi connectivity index (χ0n) is 11.5. The topological polar surface area (TPSA) is 70.0 Å². The number of alkyl halides is 3. The highest BCUT2D eigenvalue weighted by molar-refractivity contribution is 7.92. The fourth-order valence-electron chi connectivity index (χ4n) is 1.85. The van der Waals surface area contributed by atoms with Gasteiger partial charge in [0, 0.05) is 0 Å². The van der Waals surface area contributed by atoms with Gasteiger partial charge >= 0.3 is 6.18 Å². The number of nitrogens with one attached hydrogen (secondary N) is 1. The number of benzene rings is 2. The van der Waals surface area contributed by atoms with Crippen molar-refractivity contribution in [2.75, 3.05) is 4.72 Å². The van der Waals surface area contributed by atoms with Gasteiger partial charge in [0.25, 0.3) is 10.0 Å². The molecule has 0 atom stereocenters. The smallest absolute Gasteiger partial charge is 0.277 e. The maximum atomic E-state index is 13.8. The fourth-order valence-corrected chi connectivity index (χ4v) is 3.33. The highest BCUT2D eigenvalue weighted by Gasteiger charge is 2.37. The number of hydrogen-bond donors (Lipinski definition) is 1. The first-order valence-electron chi connectivity index (χ1n) is 6.14. The van der Waals surface area contributed by atoms with Crippen LogP contribution in [-0.4, -0.2) is 8.42 Å². The Labute approximate surface area is 139 Å². The first-order valence-corrected chi connectivity index (χ1v) is 8.00. The van der Waals surface area contributed by atoms with E-state index >= 15 is 0 Å². The van der Waals surface area contributed by atoms with Crippen LogP contribution in [0.5, 0.6) is 0 Å². The average molecular weight is 379 g/mol. The van der Waals surface area contributed by atoms with Crippen molar-refractivity contribution in [1.82, 2.24) is 0 Å². The van der Waals surface area contributed by atoms with E-state index in [1.165, 1.54) is 0 Å². The summed E-state index contributed by atoms with van der Waals surface area (Å²) < 4.78 is 78.8. The monoisotopic (exact) mass is 378 g/mol. The molecule has 4 nitrogen and oxygen atoms in total. The largest absolute Gasteiger partial charge is 0.417 e. The van der Waals surface area contributed by atoms with Crippen LogP contribution in [0.2, 0.25) is 5.02 Å². The predicted molar refractivity (Wildman–Crippen MR) is 78.4 cm³/mol. The van der Waals surface area contributed by atoms with E-state index in [9.17, 15) is 26.0 Å². The van der Waals surface area contributed by atoms with Gasteiger partial charge in [0.2, 0.25) is 0 Å². The van der Waals surface area contributed by atoms with Crippen molar-refractivity contribution in [1.29, 1.82) is 5.26 Å². The summed E-state index contributed by atoms with van der Waals surface area (Å²) in [6.07, 6.45) is -4.91. The molecule has 0 aliphatic heterocycles. The SMILES string of the molecule is N#Cc1cc(NS(=O)(=O)c2ccccc2C(F)(F)F)c(F)cc1Cl. The van der Waals surface area contributed by atoms with Gasteiger partial charge in [0.1, 0.15) is 11.9 Å². The second kappa shape index (κ2) is 6.30. The quantitative estimate of drug-likeness (QED) is 0.815. The minimum atomic E-state index is -4.91. The molecule has 0 fully saturated rings. The Hall–Kier alpha value is -2.31. The summed E-state index contributed by atoms with van der Waals surface area (Å²) in [5.41, 5.74) is -2.32. The molecule has 0 amide bonds. The molecular weight excluding hydrogens is 372 g/mol. The molecule has 126 valence electrons. The molecule has 2 rings (SSSR count). The molecule has 0 saturated carbocycles. The van der Waals surface area contributed by atoms with Crippen molar-refractivity contribution in [3.8, 4) is 6.07 Å². The standard InChI is InChI=1S/C14H7ClF4N2O2S/c15-10-6-11(16)12(5-8(10)7-20)21-24(22,23)13-4-2-1-3-9(13)14(17,18)19/h1-6,21H. The van der Waals surface area contributed by atoms with Crippen LogP contribution < -0.4 is 4.72 Å². The zero-order valence-corrected chi connectivity index (χ0v) is 13.1. The summed E-state index contributed by atoms with van der Waals surface area (Å²) >= 11 is 5.59. The van der Waals surface area contributed by atoms with Crippen LogP contribution in [0.15, 0.2) is 41.3 Å². The van der Waals surface area contributed by atoms with Crippen molar-refractivity contribution in [3.05, 3.63) is 58.4 Å². The molecule has 0 aliphatic carbocycles. The lowest BCUT2D eigenvalue weighted by atomic mass is 10.2. The van der Waals surface area contributed by atoms with Gasteiger partial charge in [-0.25, -0.2) is 12.8 Å². The summed E-state index contributed by atoms with van der Waals surface area (Å²) in [5, 5.41) is 8.56. The van der Waals surface area contributed by atoms with E-state index < -0.39 is 38.2 Å². The maximum absolute atomic E-state index is 13.8. The Kier molecular flexibility index (Phi) is 4.73. The van der Waals surface area contributed by atoms with Gasteiger partial charge in [-0.15, -0.1) is 0 Å². The lowest BCUT2D eigenvalue weighted by molar-refractivity contribution is -0.139. The first kappa shape index (κ1) is 18.0. The summed E-state index contributed by atoms with van der Waals surface area (Å²) in [6, 6.07) is 6.55. The third-order valence-corrected chi connectivity index (χ3v) is 4.64. The molecule has 2 aromatic carbocycles. The molecule has 0 heterocycles. The van der Waals surface area contributed by atoms with Gasteiger partial charge in [-0.3, -0.25) is 4.72 Å². The van der Waals surface area contributed by atoms with Gasteiger partial charge in [0.15, 0.2) is 0 Å². The molecule has 10 heteroatoms. The molecule has 0 bridgehead atoms.